The fraction of sp³-hybridized carbons (Fsp3) is 0.400. The minimum absolute atomic E-state index is 0.355. The highest BCUT2D eigenvalue weighted by Crippen LogP contribution is 2.34. The highest BCUT2D eigenvalue weighted by molar-refractivity contribution is 7.37. The molecule has 0 heterocycles. The Balaban J connectivity index is 2.80. The van der Waals surface area contributed by atoms with Gasteiger partial charge in [-0.2, -0.15) is 0 Å². The summed E-state index contributed by atoms with van der Waals surface area (Å²) in [6.07, 6.45) is 1.18. The van der Waals surface area contributed by atoms with Crippen LogP contribution in [0.25, 0.3) is 0 Å². The molecule has 1 aromatic carbocycles. The molecule has 2 heteroatoms. The van der Waals surface area contributed by atoms with Crippen molar-refractivity contribution in [1.82, 2.24) is 0 Å². The van der Waals surface area contributed by atoms with Crippen molar-refractivity contribution in [3.8, 4) is 5.75 Å². The highest BCUT2D eigenvalue weighted by Gasteiger charge is 2.05. The SMILES string of the molecule is CCC(PC)c1ccc(O)cc1. The zero-order valence-electron chi connectivity index (χ0n) is 7.54. The summed E-state index contributed by atoms with van der Waals surface area (Å²) in [6, 6.07) is 7.55. The molecule has 0 saturated carbocycles. The van der Waals surface area contributed by atoms with Gasteiger partial charge in [0.15, 0.2) is 0 Å². The zero-order chi connectivity index (χ0) is 8.97. The zero-order valence-corrected chi connectivity index (χ0v) is 8.54. The smallest absolute Gasteiger partial charge is 0.115 e. The van der Waals surface area contributed by atoms with Gasteiger partial charge in [0.05, 0.1) is 0 Å². The number of benzene rings is 1. The van der Waals surface area contributed by atoms with Gasteiger partial charge >= 0.3 is 0 Å². The summed E-state index contributed by atoms with van der Waals surface area (Å²) in [5, 5.41) is 9.09. The Labute approximate surface area is 75.6 Å². The van der Waals surface area contributed by atoms with E-state index in [0.29, 0.717) is 11.4 Å². The Morgan fingerprint density at radius 2 is 1.92 bits per heavy atom. The lowest BCUT2D eigenvalue weighted by Gasteiger charge is -2.12. The molecule has 2 unspecified atom stereocenters. The van der Waals surface area contributed by atoms with Crippen LogP contribution in [0.3, 0.4) is 0 Å². The Morgan fingerprint density at radius 1 is 1.33 bits per heavy atom. The topological polar surface area (TPSA) is 20.2 Å². The molecular formula is C10H15OP. The largest absolute Gasteiger partial charge is 0.508 e. The first-order valence-electron chi connectivity index (χ1n) is 4.24. The lowest BCUT2D eigenvalue weighted by molar-refractivity contribution is 0.475. The molecule has 1 rings (SSSR count). The molecule has 1 nitrogen and oxygen atoms in total. The molecule has 0 aliphatic carbocycles. The average molecular weight is 182 g/mol. The first-order chi connectivity index (χ1) is 5.77. The lowest BCUT2D eigenvalue weighted by Crippen LogP contribution is -1.88. The second-order valence-corrected chi connectivity index (χ2v) is 4.12. The van der Waals surface area contributed by atoms with Crippen LogP contribution in [0.15, 0.2) is 24.3 Å². The molecular weight excluding hydrogens is 167 g/mol. The first-order valence-corrected chi connectivity index (χ1v) is 5.82. The summed E-state index contributed by atoms with van der Waals surface area (Å²) in [5.74, 6) is 0.355. The van der Waals surface area contributed by atoms with Crippen LogP contribution in [0.5, 0.6) is 5.75 Å². The van der Waals surface area contributed by atoms with Gasteiger partial charge < -0.3 is 5.11 Å². The van der Waals surface area contributed by atoms with Gasteiger partial charge in [-0.25, -0.2) is 0 Å². The Bertz CT molecular complexity index is 226. The first kappa shape index (κ1) is 9.54. The maximum Gasteiger partial charge on any atom is 0.115 e. The third kappa shape index (κ3) is 2.22. The van der Waals surface area contributed by atoms with Crippen molar-refractivity contribution in [1.29, 1.82) is 0 Å². The van der Waals surface area contributed by atoms with Crippen LogP contribution in [0, 0.1) is 0 Å². The van der Waals surface area contributed by atoms with Crippen molar-refractivity contribution >= 4 is 8.58 Å². The third-order valence-corrected chi connectivity index (χ3v) is 3.49. The average Bonchev–Trinajstić information content (AvgIpc) is 2.10. The molecule has 0 aliphatic rings. The normalized spacial score (nSPS) is 13.8. The van der Waals surface area contributed by atoms with Gasteiger partial charge in [-0.05, 0) is 30.8 Å². The van der Waals surface area contributed by atoms with Crippen LogP contribution in [-0.2, 0) is 0 Å². The minimum Gasteiger partial charge on any atom is -0.508 e. The van der Waals surface area contributed by atoms with Crippen LogP contribution in [0.1, 0.15) is 24.6 Å². The van der Waals surface area contributed by atoms with Crippen molar-refractivity contribution in [2.45, 2.75) is 19.0 Å². The standard InChI is InChI=1S/C10H15OP/c1-3-10(12-2)8-4-6-9(11)7-5-8/h4-7,10-12H,3H2,1-2H3. The second kappa shape index (κ2) is 4.47. The molecule has 0 spiro atoms. The molecule has 0 aliphatic heterocycles. The van der Waals surface area contributed by atoms with E-state index in [1.807, 2.05) is 12.1 Å². The van der Waals surface area contributed by atoms with E-state index in [1.165, 1.54) is 12.0 Å². The van der Waals surface area contributed by atoms with Crippen LogP contribution in [0.4, 0.5) is 0 Å². The van der Waals surface area contributed by atoms with E-state index in [1.54, 1.807) is 12.1 Å². The molecule has 1 aromatic rings. The summed E-state index contributed by atoms with van der Waals surface area (Å²) in [4.78, 5) is 0. The van der Waals surface area contributed by atoms with Gasteiger partial charge in [-0.1, -0.05) is 19.1 Å². The Kier molecular flexibility index (Phi) is 3.55. The lowest BCUT2D eigenvalue weighted by atomic mass is 10.1. The van der Waals surface area contributed by atoms with E-state index in [2.05, 4.69) is 13.6 Å². The van der Waals surface area contributed by atoms with E-state index in [0.717, 1.165) is 8.58 Å². The van der Waals surface area contributed by atoms with Crippen molar-refractivity contribution < 1.29 is 5.11 Å². The van der Waals surface area contributed by atoms with Gasteiger partial charge in [-0.15, -0.1) is 8.58 Å². The molecule has 2 atom stereocenters. The van der Waals surface area contributed by atoms with E-state index in [-0.39, 0.29) is 0 Å². The van der Waals surface area contributed by atoms with E-state index in [4.69, 9.17) is 5.11 Å². The third-order valence-electron chi connectivity index (χ3n) is 2.05. The number of phenols is 1. The van der Waals surface area contributed by atoms with Crippen molar-refractivity contribution in [3.63, 3.8) is 0 Å². The fourth-order valence-corrected chi connectivity index (χ4v) is 2.25. The predicted molar refractivity (Wildman–Crippen MR) is 55.4 cm³/mol. The molecule has 0 saturated heterocycles. The minimum atomic E-state index is 0.355. The molecule has 0 amide bonds. The van der Waals surface area contributed by atoms with Gasteiger partial charge in [0.2, 0.25) is 0 Å². The van der Waals surface area contributed by atoms with Crippen molar-refractivity contribution in [2.75, 3.05) is 6.66 Å². The van der Waals surface area contributed by atoms with Crippen LogP contribution in [-0.4, -0.2) is 11.8 Å². The van der Waals surface area contributed by atoms with Crippen molar-refractivity contribution in [2.24, 2.45) is 0 Å². The molecule has 0 bridgehead atoms. The van der Waals surface area contributed by atoms with E-state index < -0.39 is 0 Å². The second-order valence-electron chi connectivity index (χ2n) is 2.84. The number of hydrogen-bond acceptors (Lipinski definition) is 1. The maximum absolute atomic E-state index is 9.09. The van der Waals surface area contributed by atoms with Gasteiger partial charge in [-0.3, -0.25) is 0 Å². The predicted octanol–water partition coefficient (Wildman–Crippen LogP) is 3.15. The van der Waals surface area contributed by atoms with Gasteiger partial charge in [0.25, 0.3) is 0 Å². The summed E-state index contributed by atoms with van der Waals surface area (Å²) in [7, 11) is 0.941. The Morgan fingerprint density at radius 3 is 2.33 bits per heavy atom. The quantitative estimate of drug-likeness (QED) is 0.712. The van der Waals surface area contributed by atoms with E-state index in [9.17, 15) is 0 Å². The molecule has 66 valence electrons. The summed E-state index contributed by atoms with van der Waals surface area (Å²) >= 11 is 0. The number of rotatable bonds is 3. The monoisotopic (exact) mass is 182 g/mol. The van der Waals surface area contributed by atoms with Crippen molar-refractivity contribution in [3.05, 3.63) is 29.8 Å². The number of hydrogen-bond donors (Lipinski definition) is 1. The highest BCUT2D eigenvalue weighted by atomic mass is 31.1. The summed E-state index contributed by atoms with van der Waals surface area (Å²) in [5.41, 5.74) is 2.02. The molecule has 0 aromatic heterocycles. The number of aromatic hydroxyl groups is 1. The summed E-state index contributed by atoms with van der Waals surface area (Å²) in [6.45, 7) is 4.43. The van der Waals surface area contributed by atoms with Crippen LogP contribution < -0.4 is 0 Å². The Hall–Kier alpha value is -0.550. The molecule has 0 fully saturated rings. The van der Waals surface area contributed by atoms with Gasteiger partial charge in [0.1, 0.15) is 5.75 Å². The van der Waals surface area contributed by atoms with Gasteiger partial charge in [0, 0.05) is 5.66 Å². The summed E-state index contributed by atoms with van der Waals surface area (Å²) < 4.78 is 0. The molecule has 0 radical (unpaired) electrons. The van der Waals surface area contributed by atoms with E-state index >= 15 is 0 Å². The molecule has 1 N–H and O–H groups in total. The fourth-order valence-electron chi connectivity index (χ4n) is 1.31. The number of phenolic OH excluding ortho intramolecular Hbond substituents is 1. The molecule has 12 heavy (non-hydrogen) atoms. The van der Waals surface area contributed by atoms with Crippen LogP contribution >= 0.6 is 8.58 Å². The maximum atomic E-state index is 9.09. The van der Waals surface area contributed by atoms with Crippen LogP contribution in [0.2, 0.25) is 0 Å².